The third-order valence-electron chi connectivity index (χ3n) is 4.17. The first-order valence-corrected chi connectivity index (χ1v) is 7.05. The van der Waals surface area contributed by atoms with E-state index in [9.17, 15) is 25.3 Å². The van der Waals surface area contributed by atoms with E-state index in [1.807, 2.05) is 5.48 Å². The molecule has 0 saturated carbocycles. The minimum atomic E-state index is -1.77. The first-order chi connectivity index (χ1) is 11.3. The number of aromatic nitrogens is 3. The monoisotopic (exact) mass is 339 g/mol. The molecule has 0 aliphatic carbocycles. The molecule has 4 unspecified atom stereocenters. The largest absolute Gasteiger partial charge is 0.394 e. The molecule has 7 N–H and O–H groups in total. The van der Waals surface area contributed by atoms with Crippen LogP contribution in [0.15, 0.2) is 12.5 Å². The number of primary amides is 1. The third-order valence-corrected chi connectivity index (χ3v) is 4.17. The van der Waals surface area contributed by atoms with Crippen molar-refractivity contribution in [1.29, 1.82) is 0 Å². The number of aliphatic hydroxyl groups excluding tert-OH is 2. The third kappa shape index (κ3) is 2.22. The molecule has 0 spiro atoms. The molecule has 4 atom stereocenters. The van der Waals surface area contributed by atoms with E-state index in [1.165, 1.54) is 17.7 Å². The van der Waals surface area contributed by atoms with Crippen LogP contribution in [0.1, 0.15) is 23.5 Å². The van der Waals surface area contributed by atoms with Gasteiger partial charge in [-0.05, 0) is 6.92 Å². The highest BCUT2D eigenvalue weighted by Crippen LogP contribution is 2.40. The molecule has 11 nitrogen and oxygen atoms in total. The lowest BCUT2D eigenvalue weighted by Crippen LogP contribution is -2.44. The van der Waals surface area contributed by atoms with Crippen LogP contribution in [0.25, 0.3) is 11.0 Å². The van der Waals surface area contributed by atoms with Gasteiger partial charge in [0.05, 0.1) is 17.6 Å². The maximum atomic E-state index is 11.7. The van der Waals surface area contributed by atoms with Crippen LogP contribution in [-0.2, 0) is 4.74 Å². The van der Waals surface area contributed by atoms with Crippen LogP contribution in [0.3, 0.4) is 0 Å². The summed E-state index contributed by atoms with van der Waals surface area (Å²) < 4.78 is 6.82. The van der Waals surface area contributed by atoms with Crippen molar-refractivity contribution in [3.8, 4) is 0 Å². The number of ether oxygens (including phenoxy) is 1. The summed E-state index contributed by atoms with van der Waals surface area (Å²) in [6.45, 7) is 0.828. The normalized spacial score (nSPS) is 30.0. The zero-order valence-corrected chi connectivity index (χ0v) is 12.6. The molecule has 1 amide bonds. The number of hydrogen-bond acceptors (Lipinski definition) is 9. The lowest BCUT2D eigenvalue weighted by atomic mass is 9.96. The molecule has 1 aliphatic heterocycles. The maximum Gasteiger partial charge on any atom is 0.251 e. The zero-order chi connectivity index (χ0) is 17.6. The van der Waals surface area contributed by atoms with Crippen molar-refractivity contribution in [3.63, 3.8) is 0 Å². The highest BCUT2D eigenvalue weighted by Gasteiger charge is 2.53. The minimum absolute atomic E-state index is 0.0107. The Kier molecular flexibility index (Phi) is 3.89. The van der Waals surface area contributed by atoms with Gasteiger partial charge in [-0.3, -0.25) is 15.5 Å². The van der Waals surface area contributed by atoms with Gasteiger partial charge in [0.25, 0.3) is 5.91 Å². The summed E-state index contributed by atoms with van der Waals surface area (Å²) in [7, 11) is 0. The smallest absolute Gasteiger partial charge is 0.251 e. The number of anilines is 1. The van der Waals surface area contributed by atoms with Gasteiger partial charge < -0.3 is 30.4 Å². The molecule has 3 rings (SSSR count). The van der Waals surface area contributed by atoms with Crippen LogP contribution >= 0.6 is 0 Å². The summed E-state index contributed by atoms with van der Waals surface area (Å²) in [5.74, 6) is -0.855. The molecular weight excluding hydrogens is 322 g/mol. The van der Waals surface area contributed by atoms with Crippen molar-refractivity contribution in [2.75, 3.05) is 12.1 Å². The molecule has 3 heterocycles. The molecule has 130 valence electrons. The number of nitrogens with one attached hydrogen (secondary N) is 1. The summed E-state index contributed by atoms with van der Waals surface area (Å²) in [6, 6.07) is 0. The average molecular weight is 339 g/mol. The van der Waals surface area contributed by atoms with Crippen LogP contribution in [-0.4, -0.2) is 65.4 Å². The fourth-order valence-electron chi connectivity index (χ4n) is 2.93. The number of carbonyl (C=O) groups is 1. The molecule has 2 aromatic rings. The van der Waals surface area contributed by atoms with Gasteiger partial charge in [-0.2, -0.15) is 0 Å². The fourth-order valence-corrected chi connectivity index (χ4v) is 2.93. The Morgan fingerprint density at radius 1 is 1.54 bits per heavy atom. The van der Waals surface area contributed by atoms with Crippen LogP contribution in [0.4, 0.5) is 5.82 Å². The number of fused-ring (bicyclic) bond motifs is 1. The molecule has 1 saturated heterocycles. The number of aliphatic hydroxyl groups is 3. The highest BCUT2D eigenvalue weighted by molar-refractivity contribution is 6.09. The topological polar surface area (TPSA) is 176 Å². The van der Waals surface area contributed by atoms with E-state index < -0.39 is 36.6 Å². The summed E-state index contributed by atoms with van der Waals surface area (Å²) in [4.78, 5) is 19.6. The number of nitrogens with two attached hydrogens (primary N) is 1. The Labute approximate surface area is 135 Å². The summed E-state index contributed by atoms with van der Waals surface area (Å²) in [5.41, 5.74) is 5.57. The lowest BCUT2D eigenvalue weighted by Gasteiger charge is -2.27. The van der Waals surface area contributed by atoms with Crippen LogP contribution < -0.4 is 11.2 Å². The molecule has 0 bridgehead atoms. The van der Waals surface area contributed by atoms with Crippen molar-refractivity contribution < 1.29 is 30.1 Å². The molecule has 1 aliphatic rings. The van der Waals surface area contributed by atoms with Crippen molar-refractivity contribution in [2.24, 2.45) is 5.73 Å². The molecule has 1 fully saturated rings. The van der Waals surface area contributed by atoms with Crippen molar-refractivity contribution in [1.82, 2.24) is 14.5 Å². The number of carbonyl (C=O) groups excluding carboxylic acids is 1. The Bertz CT molecular complexity index is 790. The maximum absolute atomic E-state index is 11.7. The summed E-state index contributed by atoms with van der Waals surface area (Å²) in [5, 5.41) is 39.3. The fraction of sp³-hybridized carbons (Fsp3) is 0.462. The first-order valence-electron chi connectivity index (χ1n) is 7.05. The van der Waals surface area contributed by atoms with Crippen molar-refractivity contribution in [2.45, 2.75) is 31.0 Å². The SMILES string of the molecule is CC1(O)C(O)C(CO)OC1n1cc(C(N)=O)c2c(NO)ncnc21. The number of hydrogen-bond donors (Lipinski definition) is 6. The standard InChI is InChI=1S/C13H17N5O6/c1-13(22)8(20)6(3-19)24-12(13)18-2-5(9(14)21)7-10(17-23)15-4-16-11(7)18/h2,4,6,8,12,19-20,22-23H,3H2,1H3,(H2,14,21)(H,15,16,17). The summed E-state index contributed by atoms with van der Waals surface area (Å²) in [6.07, 6.45) is -1.11. The van der Waals surface area contributed by atoms with Crippen LogP contribution in [0.5, 0.6) is 0 Å². The van der Waals surface area contributed by atoms with Gasteiger partial charge >= 0.3 is 0 Å². The second kappa shape index (κ2) is 5.65. The van der Waals surface area contributed by atoms with E-state index in [2.05, 4.69) is 9.97 Å². The average Bonchev–Trinajstić information content (AvgIpc) is 3.04. The molecule has 24 heavy (non-hydrogen) atoms. The lowest BCUT2D eigenvalue weighted by molar-refractivity contribution is -0.0948. The molecule has 0 aromatic carbocycles. The summed E-state index contributed by atoms with van der Waals surface area (Å²) >= 11 is 0. The number of nitrogens with zero attached hydrogens (tertiary/aromatic N) is 3. The Morgan fingerprint density at radius 3 is 2.79 bits per heavy atom. The van der Waals surface area contributed by atoms with Crippen LogP contribution in [0.2, 0.25) is 0 Å². The van der Waals surface area contributed by atoms with Gasteiger partial charge in [0.15, 0.2) is 12.0 Å². The first kappa shape index (κ1) is 16.5. The predicted molar refractivity (Wildman–Crippen MR) is 79.1 cm³/mol. The van der Waals surface area contributed by atoms with E-state index in [-0.39, 0.29) is 22.4 Å². The molecule has 0 radical (unpaired) electrons. The van der Waals surface area contributed by atoms with Gasteiger partial charge in [0.2, 0.25) is 0 Å². The number of rotatable bonds is 4. The Balaban J connectivity index is 2.23. The zero-order valence-electron chi connectivity index (χ0n) is 12.6. The van der Waals surface area contributed by atoms with Crippen molar-refractivity contribution in [3.05, 3.63) is 18.1 Å². The highest BCUT2D eigenvalue weighted by atomic mass is 16.6. The minimum Gasteiger partial charge on any atom is -0.394 e. The van der Waals surface area contributed by atoms with Gasteiger partial charge in [0, 0.05) is 6.20 Å². The molecular formula is C13H17N5O6. The van der Waals surface area contributed by atoms with E-state index >= 15 is 0 Å². The Morgan fingerprint density at radius 2 is 2.25 bits per heavy atom. The molecule has 2 aromatic heterocycles. The van der Waals surface area contributed by atoms with Gasteiger partial charge in [0.1, 0.15) is 29.8 Å². The second-order valence-corrected chi connectivity index (χ2v) is 5.73. The Hall–Kier alpha value is -2.31. The van der Waals surface area contributed by atoms with E-state index in [4.69, 9.17) is 10.5 Å². The van der Waals surface area contributed by atoms with E-state index in [0.29, 0.717) is 0 Å². The predicted octanol–water partition coefficient (Wildman–Crippen LogP) is -1.67. The van der Waals surface area contributed by atoms with Crippen molar-refractivity contribution >= 4 is 22.8 Å². The molecule has 11 heteroatoms. The van der Waals surface area contributed by atoms with E-state index in [1.54, 1.807) is 0 Å². The second-order valence-electron chi connectivity index (χ2n) is 5.73. The number of amides is 1. The van der Waals surface area contributed by atoms with Crippen LogP contribution in [0, 0.1) is 0 Å². The quantitative estimate of drug-likeness (QED) is 0.356. The van der Waals surface area contributed by atoms with Gasteiger partial charge in [-0.25, -0.2) is 9.97 Å². The van der Waals surface area contributed by atoms with Gasteiger partial charge in [-0.15, -0.1) is 0 Å². The van der Waals surface area contributed by atoms with Gasteiger partial charge in [-0.1, -0.05) is 0 Å². The van der Waals surface area contributed by atoms with E-state index in [0.717, 1.165) is 6.33 Å².